The second-order valence-electron chi connectivity index (χ2n) is 8.74. The summed E-state index contributed by atoms with van der Waals surface area (Å²) in [6, 6.07) is 8.19. The number of pyridine rings is 1. The number of fused-ring (bicyclic) bond motifs is 1. The number of hydrogen-bond acceptors (Lipinski definition) is 8. The van der Waals surface area contributed by atoms with Crippen LogP contribution in [-0.4, -0.2) is 61.1 Å². The summed E-state index contributed by atoms with van der Waals surface area (Å²) in [6.45, 7) is 5.21. The fourth-order valence-electron chi connectivity index (χ4n) is 4.04. The second-order valence-corrected chi connectivity index (χ2v) is 9.63. The fourth-order valence-corrected chi connectivity index (χ4v) is 4.75. The molecule has 1 fully saturated rings. The molecule has 0 bridgehead atoms. The number of H-pyrrole nitrogens is 1. The van der Waals surface area contributed by atoms with Gasteiger partial charge in [0.05, 0.1) is 33.7 Å². The van der Waals surface area contributed by atoms with Gasteiger partial charge in [0.1, 0.15) is 5.82 Å². The van der Waals surface area contributed by atoms with Crippen molar-refractivity contribution in [2.75, 3.05) is 23.7 Å². The summed E-state index contributed by atoms with van der Waals surface area (Å²) in [7, 11) is 0. The van der Waals surface area contributed by atoms with Crippen molar-refractivity contribution >= 4 is 44.7 Å². The predicted octanol–water partition coefficient (Wildman–Crippen LogP) is 4.24. The Morgan fingerprint density at radius 3 is 2.79 bits per heavy atom. The first kappa shape index (κ1) is 22.3. The quantitative estimate of drug-likeness (QED) is 0.328. The molecule has 176 valence electrons. The molecule has 9 nitrogen and oxygen atoms in total. The summed E-state index contributed by atoms with van der Waals surface area (Å²) >= 11 is 1.60. The maximum absolute atomic E-state index is 12.9. The Morgan fingerprint density at radius 1 is 1.18 bits per heavy atom. The molecule has 4 aromatic rings. The number of piperidine rings is 1. The third kappa shape index (κ3) is 4.73. The van der Waals surface area contributed by atoms with E-state index in [-0.39, 0.29) is 18.1 Å². The van der Waals surface area contributed by atoms with Crippen molar-refractivity contribution in [2.24, 2.45) is 0 Å². The first-order chi connectivity index (χ1) is 16.5. The maximum atomic E-state index is 12.9. The number of imidazole rings is 1. The van der Waals surface area contributed by atoms with E-state index in [1.807, 2.05) is 23.7 Å². The minimum absolute atomic E-state index is 0.152. The third-order valence-corrected chi connectivity index (χ3v) is 6.56. The summed E-state index contributed by atoms with van der Waals surface area (Å²) < 4.78 is 1.11. The van der Waals surface area contributed by atoms with Gasteiger partial charge in [0.15, 0.2) is 5.82 Å². The summed E-state index contributed by atoms with van der Waals surface area (Å²) in [4.78, 5) is 31.0. The lowest BCUT2D eigenvalue weighted by molar-refractivity contribution is 0.0537. The largest absolute Gasteiger partial charge is 0.393 e. The van der Waals surface area contributed by atoms with Crippen molar-refractivity contribution in [3.8, 4) is 11.3 Å². The summed E-state index contributed by atoms with van der Waals surface area (Å²) in [5.74, 6) is 0.849. The maximum Gasteiger partial charge on any atom is 0.289 e. The van der Waals surface area contributed by atoms with Crippen LogP contribution in [0.2, 0.25) is 0 Å². The van der Waals surface area contributed by atoms with Crippen LogP contribution < -0.4 is 10.6 Å². The molecule has 1 amide bonds. The number of aliphatic hydroxyl groups is 1. The molecule has 1 aliphatic rings. The van der Waals surface area contributed by atoms with Crippen LogP contribution in [0.4, 0.5) is 17.2 Å². The van der Waals surface area contributed by atoms with Gasteiger partial charge in [0.25, 0.3) is 5.91 Å². The number of nitrogens with one attached hydrogen (secondary N) is 3. The molecule has 34 heavy (non-hydrogen) atoms. The summed E-state index contributed by atoms with van der Waals surface area (Å²) in [5, 5.41) is 16.5. The van der Waals surface area contributed by atoms with E-state index in [2.05, 4.69) is 50.5 Å². The molecule has 1 saturated heterocycles. The lowest BCUT2D eigenvalue weighted by Gasteiger charge is -2.28. The van der Waals surface area contributed by atoms with Crippen LogP contribution in [-0.2, 0) is 0 Å². The van der Waals surface area contributed by atoms with Gasteiger partial charge in [0, 0.05) is 48.3 Å². The van der Waals surface area contributed by atoms with Crippen molar-refractivity contribution < 1.29 is 9.90 Å². The lowest BCUT2D eigenvalue weighted by Crippen LogP contribution is -2.40. The normalized spacial score (nSPS) is 14.6. The third-order valence-electron chi connectivity index (χ3n) is 5.77. The molecule has 0 spiro atoms. The monoisotopic (exact) mass is 477 g/mol. The van der Waals surface area contributed by atoms with E-state index < -0.39 is 0 Å². The smallest absolute Gasteiger partial charge is 0.289 e. The number of carbonyl (C=O) groups is 1. The molecule has 0 saturated carbocycles. The van der Waals surface area contributed by atoms with Crippen LogP contribution in [0.15, 0.2) is 42.2 Å². The first-order valence-corrected chi connectivity index (χ1v) is 12.2. The molecule has 1 aliphatic heterocycles. The number of hydrogen-bond donors (Lipinski definition) is 4. The number of benzene rings is 1. The van der Waals surface area contributed by atoms with E-state index in [0.717, 1.165) is 27.2 Å². The van der Waals surface area contributed by atoms with Crippen LogP contribution in [0.1, 0.15) is 37.3 Å². The predicted molar refractivity (Wildman–Crippen MR) is 135 cm³/mol. The highest BCUT2D eigenvalue weighted by Crippen LogP contribution is 2.31. The highest BCUT2D eigenvalue weighted by molar-refractivity contribution is 7.16. The van der Waals surface area contributed by atoms with E-state index in [0.29, 0.717) is 43.3 Å². The number of aromatic amines is 1. The number of amides is 1. The molecular weight excluding hydrogens is 450 g/mol. The van der Waals surface area contributed by atoms with Crippen LogP contribution in [0.3, 0.4) is 0 Å². The molecule has 0 atom stereocenters. The average molecular weight is 478 g/mol. The van der Waals surface area contributed by atoms with Gasteiger partial charge in [-0.3, -0.25) is 4.79 Å². The van der Waals surface area contributed by atoms with Gasteiger partial charge < -0.3 is 25.6 Å². The van der Waals surface area contributed by atoms with Gasteiger partial charge >= 0.3 is 0 Å². The van der Waals surface area contributed by atoms with E-state index in [1.54, 1.807) is 28.6 Å². The molecular formula is C24H27N7O2S. The zero-order chi connectivity index (χ0) is 23.7. The van der Waals surface area contributed by atoms with Gasteiger partial charge in [-0.25, -0.2) is 15.0 Å². The van der Waals surface area contributed by atoms with Crippen LogP contribution >= 0.6 is 11.3 Å². The first-order valence-electron chi connectivity index (χ1n) is 11.4. The zero-order valence-electron chi connectivity index (χ0n) is 19.1. The van der Waals surface area contributed by atoms with Gasteiger partial charge in [-0.1, -0.05) is 0 Å². The standard InChI is InChI=1S/C24H27N7O2S/c1-14(2)28-19-10-22(29-15-3-4-18-21(9-15)34-13-27-18)25-11-17(19)20-12-26-23(30-20)24(33)31-7-5-16(32)6-8-31/h3-4,9-14,16,32H,5-8H2,1-2H3,(H,26,30)(H2,25,28,29). The molecule has 10 heteroatoms. The van der Waals surface area contributed by atoms with Crippen LogP contribution in [0.25, 0.3) is 21.5 Å². The van der Waals surface area contributed by atoms with Gasteiger partial charge in [-0.15, -0.1) is 11.3 Å². The van der Waals surface area contributed by atoms with E-state index in [1.165, 1.54) is 0 Å². The fraction of sp³-hybridized carbons (Fsp3) is 0.333. The van der Waals surface area contributed by atoms with E-state index in [9.17, 15) is 9.90 Å². The lowest BCUT2D eigenvalue weighted by atomic mass is 10.1. The molecule has 0 unspecified atom stereocenters. The van der Waals surface area contributed by atoms with Gasteiger partial charge in [-0.05, 0) is 44.9 Å². The Balaban J connectivity index is 1.39. The number of anilines is 3. The minimum atomic E-state index is -0.331. The SMILES string of the molecule is CC(C)Nc1cc(Nc2ccc3ncsc3c2)ncc1-c1cnc(C(=O)N2CCC(O)CC2)[nH]1. The van der Waals surface area contributed by atoms with E-state index >= 15 is 0 Å². The second kappa shape index (κ2) is 9.40. The minimum Gasteiger partial charge on any atom is -0.393 e. The van der Waals surface area contributed by atoms with Gasteiger partial charge in [-0.2, -0.15) is 0 Å². The number of aromatic nitrogens is 4. The Hall–Kier alpha value is -3.50. The zero-order valence-corrected chi connectivity index (χ0v) is 19.9. The highest BCUT2D eigenvalue weighted by Gasteiger charge is 2.24. The molecule has 5 rings (SSSR count). The topological polar surface area (TPSA) is 119 Å². The molecule has 4 heterocycles. The van der Waals surface area contributed by atoms with Crippen LogP contribution in [0, 0.1) is 0 Å². The number of nitrogens with zero attached hydrogens (tertiary/aromatic N) is 4. The Kier molecular flexibility index (Phi) is 6.16. The molecule has 0 aliphatic carbocycles. The Bertz CT molecular complexity index is 1310. The number of aliphatic hydroxyl groups excluding tert-OH is 1. The van der Waals surface area contributed by atoms with Crippen LogP contribution in [0.5, 0.6) is 0 Å². The van der Waals surface area contributed by atoms with Crippen molar-refractivity contribution in [2.45, 2.75) is 38.8 Å². The van der Waals surface area contributed by atoms with E-state index in [4.69, 9.17) is 0 Å². The number of thiazole rings is 1. The average Bonchev–Trinajstić information content (AvgIpc) is 3.48. The molecule has 3 aromatic heterocycles. The summed E-state index contributed by atoms with van der Waals surface area (Å²) in [6.07, 6.45) is 4.30. The molecule has 0 radical (unpaired) electrons. The molecule has 1 aromatic carbocycles. The van der Waals surface area contributed by atoms with Crippen molar-refractivity contribution in [1.82, 2.24) is 24.8 Å². The van der Waals surface area contributed by atoms with Crippen molar-refractivity contribution in [3.63, 3.8) is 0 Å². The van der Waals surface area contributed by atoms with Gasteiger partial charge in [0.2, 0.25) is 0 Å². The number of carbonyl (C=O) groups excluding carboxylic acids is 1. The molecule has 4 N–H and O–H groups in total. The number of likely N-dealkylation sites (tertiary alicyclic amines) is 1. The number of rotatable bonds is 6. The Labute approximate surface area is 201 Å². The highest BCUT2D eigenvalue weighted by atomic mass is 32.1. The summed E-state index contributed by atoms with van der Waals surface area (Å²) in [5.41, 5.74) is 6.19. The van der Waals surface area contributed by atoms with Crippen molar-refractivity contribution in [3.05, 3.63) is 48.0 Å². The van der Waals surface area contributed by atoms with Crippen molar-refractivity contribution in [1.29, 1.82) is 0 Å². The Morgan fingerprint density at radius 2 is 2.00 bits per heavy atom.